The molecule has 1 rings (SSSR count). The third-order valence-corrected chi connectivity index (χ3v) is 3.28. The summed E-state index contributed by atoms with van der Waals surface area (Å²) in [5.74, 6) is 1.62. The molecule has 3 atom stereocenters. The Morgan fingerprint density at radius 1 is 1.21 bits per heavy atom. The SMILES string of the molecule is COC(c1noc(C(C(C)C)C(C)N)n1)C(C)(C)C. The van der Waals surface area contributed by atoms with Crippen LogP contribution >= 0.6 is 0 Å². The lowest BCUT2D eigenvalue weighted by molar-refractivity contribution is 0.00718. The number of hydrogen-bond donors (Lipinski definition) is 1. The molecule has 0 radical (unpaired) electrons. The van der Waals surface area contributed by atoms with Crippen LogP contribution in [0.25, 0.3) is 0 Å². The van der Waals surface area contributed by atoms with Crippen molar-refractivity contribution in [2.45, 2.75) is 59.6 Å². The van der Waals surface area contributed by atoms with Gasteiger partial charge in [0.25, 0.3) is 0 Å². The predicted octanol–water partition coefficient (Wildman–Crippen LogP) is 2.89. The van der Waals surface area contributed by atoms with E-state index in [-0.39, 0.29) is 23.5 Å². The maximum absolute atomic E-state index is 6.01. The Kier molecular flexibility index (Phi) is 5.10. The summed E-state index contributed by atoms with van der Waals surface area (Å²) >= 11 is 0. The molecule has 0 fully saturated rings. The Morgan fingerprint density at radius 3 is 2.16 bits per heavy atom. The van der Waals surface area contributed by atoms with Crippen molar-refractivity contribution >= 4 is 0 Å². The first kappa shape index (κ1) is 16.1. The molecule has 1 aromatic heterocycles. The van der Waals surface area contributed by atoms with Gasteiger partial charge in [-0.25, -0.2) is 0 Å². The summed E-state index contributed by atoms with van der Waals surface area (Å²) in [6.45, 7) is 12.4. The average Bonchev–Trinajstić information content (AvgIpc) is 2.64. The van der Waals surface area contributed by atoms with Crippen LogP contribution in [-0.4, -0.2) is 23.3 Å². The van der Waals surface area contributed by atoms with Crippen molar-refractivity contribution in [3.8, 4) is 0 Å². The fourth-order valence-electron chi connectivity index (χ4n) is 2.45. The summed E-state index contributed by atoms with van der Waals surface area (Å²) in [6, 6.07) is -0.0241. The molecule has 5 nitrogen and oxygen atoms in total. The Morgan fingerprint density at radius 2 is 1.79 bits per heavy atom. The minimum atomic E-state index is -0.189. The Hall–Kier alpha value is -0.940. The molecule has 0 saturated carbocycles. The molecular formula is C14H27N3O2. The normalized spacial score (nSPS) is 17.5. The second kappa shape index (κ2) is 6.01. The van der Waals surface area contributed by atoms with Crippen LogP contribution in [0.5, 0.6) is 0 Å². The van der Waals surface area contributed by atoms with E-state index < -0.39 is 0 Å². The first-order chi connectivity index (χ1) is 8.68. The molecule has 110 valence electrons. The lowest BCUT2D eigenvalue weighted by Crippen LogP contribution is -2.29. The number of rotatable bonds is 5. The van der Waals surface area contributed by atoms with Gasteiger partial charge in [-0.15, -0.1) is 0 Å². The predicted molar refractivity (Wildman–Crippen MR) is 74.7 cm³/mol. The monoisotopic (exact) mass is 269 g/mol. The van der Waals surface area contributed by atoms with Gasteiger partial charge in [0, 0.05) is 13.2 Å². The van der Waals surface area contributed by atoms with Crippen LogP contribution in [-0.2, 0) is 4.74 Å². The Balaban J connectivity index is 3.04. The lowest BCUT2D eigenvalue weighted by atomic mass is 9.88. The van der Waals surface area contributed by atoms with Gasteiger partial charge in [-0.1, -0.05) is 39.8 Å². The first-order valence-corrected chi connectivity index (χ1v) is 6.80. The van der Waals surface area contributed by atoms with Gasteiger partial charge in [0.1, 0.15) is 6.10 Å². The lowest BCUT2D eigenvalue weighted by Gasteiger charge is -2.26. The summed E-state index contributed by atoms with van der Waals surface area (Å²) in [5, 5.41) is 4.07. The van der Waals surface area contributed by atoms with E-state index in [1.54, 1.807) is 7.11 Å². The highest BCUT2D eigenvalue weighted by atomic mass is 16.5. The van der Waals surface area contributed by atoms with Gasteiger partial charge in [-0.05, 0) is 18.3 Å². The molecule has 0 aliphatic rings. The van der Waals surface area contributed by atoms with Gasteiger partial charge >= 0.3 is 0 Å². The highest BCUT2D eigenvalue weighted by Gasteiger charge is 2.33. The Labute approximate surface area is 115 Å². The molecule has 0 saturated heterocycles. The maximum atomic E-state index is 6.01. The molecule has 0 aromatic carbocycles. The van der Waals surface area contributed by atoms with Crippen LogP contribution in [0, 0.1) is 11.3 Å². The van der Waals surface area contributed by atoms with Gasteiger partial charge in [0.15, 0.2) is 0 Å². The largest absolute Gasteiger partial charge is 0.373 e. The molecule has 0 aliphatic heterocycles. The maximum Gasteiger partial charge on any atom is 0.231 e. The van der Waals surface area contributed by atoms with Crippen LogP contribution in [0.2, 0.25) is 0 Å². The van der Waals surface area contributed by atoms with Gasteiger partial charge in [0.2, 0.25) is 11.7 Å². The van der Waals surface area contributed by atoms with E-state index in [1.165, 1.54) is 0 Å². The topological polar surface area (TPSA) is 74.2 Å². The summed E-state index contributed by atoms with van der Waals surface area (Å²) < 4.78 is 10.9. The van der Waals surface area contributed by atoms with Gasteiger partial charge in [-0.3, -0.25) is 0 Å². The van der Waals surface area contributed by atoms with Crippen molar-refractivity contribution in [2.24, 2.45) is 17.1 Å². The number of nitrogens with zero attached hydrogens (tertiary/aromatic N) is 2. The van der Waals surface area contributed by atoms with E-state index in [4.69, 9.17) is 15.0 Å². The summed E-state index contributed by atoms with van der Waals surface area (Å²) in [5.41, 5.74) is 5.93. The van der Waals surface area contributed by atoms with Crippen LogP contribution in [0.1, 0.15) is 65.3 Å². The molecule has 1 aromatic rings. The molecule has 5 heteroatoms. The summed E-state index contributed by atoms with van der Waals surface area (Å²) in [4.78, 5) is 4.51. The second-order valence-electron chi connectivity index (χ2n) is 6.60. The molecule has 2 N–H and O–H groups in total. The zero-order valence-corrected chi connectivity index (χ0v) is 13.1. The van der Waals surface area contributed by atoms with E-state index >= 15 is 0 Å². The van der Waals surface area contributed by atoms with Crippen molar-refractivity contribution < 1.29 is 9.26 Å². The van der Waals surface area contributed by atoms with Gasteiger partial charge < -0.3 is 15.0 Å². The zero-order chi connectivity index (χ0) is 14.8. The minimum absolute atomic E-state index is 0.0241. The minimum Gasteiger partial charge on any atom is -0.373 e. The van der Waals surface area contributed by atoms with Crippen LogP contribution in [0.4, 0.5) is 0 Å². The van der Waals surface area contributed by atoms with Crippen molar-refractivity contribution in [1.29, 1.82) is 0 Å². The van der Waals surface area contributed by atoms with Crippen LogP contribution < -0.4 is 5.73 Å². The fraction of sp³-hybridized carbons (Fsp3) is 0.857. The third kappa shape index (κ3) is 3.76. The summed E-state index contributed by atoms with van der Waals surface area (Å²) in [7, 11) is 1.66. The quantitative estimate of drug-likeness (QED) is 0.889. The summed E-state index contributed by atoms with van der Waals surface area (Å²) in [6.07, 6.45) is -0.189. The molecule has 19 heavy (non-hydrogen) atoms. The van der Waals surface area contributed by atoms with Crippen molar-refractivity contribution in [3.63, 3.8) is 0 Å². The van der Waals surface area contributed by atoms with Crippen molar-refractivity contribution in [2.75, 3.05) is 7.11 Å². The molecule has 0 amide bonds. The van der Waals surface area contributed by atoms with E-state index in [0.717, 1.165) is 0 Å². The standard InChI is InChI=1S/C14H27N3O2/c1-8(2)10(9(3)15)13-16-12(17-19-13)11(18-7)14(4,5)6/h8-11H,15H2,1-7H3. The van der Waals surface area contributed by atoms with Gasteiger partial charge in [0.05, 0.1) is 5.92 Å². The van der Waals surface area contributed by atoms with E-state index in [1.807, 2.05) is 6.92 Å². The van der Waals surface area contributed by atoms with E-state index in [9.17, 15) is 0 Å². The first-order valence-electron chi connectivity index (χ1n) is 6.80. The fourth-order valence-corrected chi connectivity index (χ4v) is 2.45. The molecule has 0 spiro atoms. The zero-order valence-electron chi connectivity index (χ0n) is 13.1. The van der Waals surface area contributed by atoms with E-state index in [0.29, 0.717) is 17.6 Å². The van der Waals surface area contributed by atoms with Gasteiger partial charge in [-0.2, -0.15) is 4.98 Å². The van der Waals surface area contributed by atoms with Crippen molar-refractivity contribution in [3.05, 3.63) is 11.7 Å². The molecule has 0 aliphatic carbocycles. The number of nitrogens with two attached hydrogens (primary N) is 1. The van der Waals surface area contributed by atoms with Crippen molar-refractivity contribution in [1.82, 2.24) is 10.1 Å². The number of aromatic nitrogens is 2. The number of hydrogen-bond acceptors (Lipinski definition) is 5. The third-order valence-electron chi connectivity index (χ3n) is 3.28. The smallest absolute Gasteiger partial charge is 0.231 e. The molecule has 0 bridgehead atoms. The number of methoxy groups -OCH3 is 1. The highest BCUT2D eigenvalue weighted by molar-refractivity contribution is 5.02. The molecule has 1 heterocycles. The second-order valence-corrected chi connectivity index (χ2v) is 6.60. The average molecular weight is 269 g/mol. The van der Waals surface area contributed by atoms with Crippen LogP contribution in [0.15, 0.2) is 4.52 Å². The number of ether oxygens (including phenoxy) is 1. The van der Waals surface area contributed by atoms with E-state index in [2.05, 4.69) is 44.8 Å². The highest BCUT2D eigenvalue weighted by Crippen LogP contribution is 2.35. The van der Waals surface area contributed by atoms with Crippen LogP contribution in [0.3, 0.4) is 0 Å². The molecular weight excluding hydrogens is 242 g/mol. The Bertz CT molecular complexity index is 369. The molecule has 3 unspecified atom stereocenters.